The molecule has 7 heteroatoms. The van der Waals surface area contributed by atoms with Gasteiger partial charge in [-0.3, -0.25) is 4.79 Å². The minimum Gasteiger partial charge on any atom is -0.337 e. The minimum absolute atomic E-state index is 0.0624. The number of likely N-dealkylation sites (tertiary alicyclic amines) is 1. The lowest BCUT2D eigenvalue weighted by Crippen LogP contribution is -2.32. The Labute approximate surface area is 151 Å². The Morgan fingerprint density at radius 3 is 2.38 bits per heavy atom. The number of anilines is 2. The monoisotopic (exact) mass is 364 g/mol. The molecule has 0 radical (unpaired) electrons. The van der Waals surface area contributed by atoms with Crippen LogP contribution in [0.2, 0.25) is 10.0 Å². The Hall–Kier alpha value is -1.85. The van der Waals surface area contributed by atoms with Crippen molar-refractivity contribution in [1.29, 1.82) is 0 Å². The van der Waals surface area contributed by atoms with Gasteiger partial charge in [-0.1, -0.05) is 42.1 Å². The number of amides is 1. The second kappa shape index (κ2) is 7.81. The van der Waals surface area contributed by atoms with E-state index in [2.05, 4.69) is 15.3 Å². The van der Waals surface area contributed by atoms with Crippen LogP contribution < -0.4 is 5.32 Å². The molecule has 2 aromatic rings. The summed E-state index contributed by atoms with van der Waals surface area (Å²) in [5, 5.41) is 3.93. The van der Waals surface area contributed by atoms with Gasteiger partial charge >= 0.3 is 0 Å². The molecule has 0 bridgehead atoms. The highest BCUT2D eigenvalue weighted by Gasteiger charge is 2.19. The van der Waals surface area contributed by atoms with E-state index in [0.717, 1.165) is 25.9 Å². The van der Waals surface area contributed by atoms with Crippen LogP contribution in [0.3, 0.4) is 0 Å². The zero-order chi connectivity index (χ0) is 16.9. The summed E-state index contributed by atoms with van der Waals surface area (Å²) in [5.41, 5.74) is 0.901. The molecular weight excluding hydrogens is 347 g/mol. The lowest BCUT2D eigenvalue weighted by atomic mass is 10.2. The van der Waals surface area contributed by atoms with E-state index in [-0.39, 0.29) is 5.91 Å². The maximum Gasteiger partial charge on any atom is 0.272 e. The second-order valence-corrected chi connectivity index (χ2v) is 6.51. The Bertz CT molecular complexity index is 710. The first-order valence-electron chi connectivity index (χ1n) is 7.98. The number of para-hydroxylation sites is 1. The van der Waals surface area contributed by atoms with E-state index >= 15 is 0 Å². The van der Waals surface area contributed by atoms with Crippen molar-refractivity contribution in [2.45, 2.75) is 25.7 Å². The van der Waals surface area contributed by atoms with E-state index in [1.165, 1.54) is 12.8 Å². The molecule has 1 amide bonds. The van der Waals surface area contributed by atoms with Gasteiger partial charge in [-0.15, -0.1) is 0 Å². The van der Waals surface area contributed by atoms with Gasteiger partial charge in [-0.25, -0.2) is 9.97 Å². The Morgan fingerprint density at radius 2 is 1.71 bits per heavy atom. The largest absolute Gasteiger partial charge is 0.337 e. The van der Waals surface area contributed by atoms with Crippen LogP contribution in [0.15, 0.2) is 30.5 Å². The quantitative estimate of drug-likeness (QED) is 0.867. The molecule has 24 heavy (non-hydrogen) atoms. The molecule has 1 aromatic carbocycles. The van der Waals surface area contributed by atoms with Gasteiger partial charge in [0, 0.05) is 19.3 Å². The van der Waals surface area contributed by atoms with Gasteiger partial charge < -0.3 is 10.2 Å². The predicted molar refractivity (Wildman–Crippen MR) is 96.1 cm³/mol. The average Bonchev–Trinajstić information content (AvgIpc) is 2.87. The molecule has 1 fully saturated rings. The van der Waals surface area contributed by atoms with Crippen molar-refractivity contribution in [3.63, 3.8) is 0 Å². The molecule has 0 unspecified atom stereocenters. The van der Waals surface area contributed by atoms with Crippen molar-refractivity contribution in [2.75, 3.05) is 18.4 Å². The standard InChI is InChI=1S/C17H18Cl2N4O/c18-12-6-5-7-13(19)15(12)22-17-20-9-8-14(21-17)16(24)23-10-3-1-2-4-11-23/h5-9H,1-4,10-11H2,(H,20,21,22). The molecule has 1 saturated heterocycles. The van der Waals surface area contributed by atoms with Crippen LogP contribution in [0.4, 0.5) is 11.6 Å². The van der Waals surface area contributed by atoms with E-state index < -0.39 is 0 Å². The zero-order valence-electron chi connectivity index (χ0n) is 13.1. The summed E-state index contributed by atoms with van der Waals surface area (Å²) in [6.07, 6.45) is 5.98. The van der Waals surface area contributed by atoms with Crippen molar-refractivity contribution in [3.05, 3.63) is 46.2 Å². The molecule has 3 rings (SSSR count). The lowest BCUT2D eigenvalue weighted by molar-refractivity contribution is 0.0755. The lowest BCUT2D eigenvalue weighted by Gasteiger charge is -2.19. The molecule has 1 aliphatic heterocycles. The molecule has 0 saturated carbocycles. The number of rotatable bonds is 3. The van der Waals surface area contributed by atoms with Crippen molar-refractivity contribution in [3.8, 4) is 0 Å². The van der Waals surface area contributed by atoms with Gasteiger partial charge in [0.15, 0.2) is 0 Å². The highest BCUT2D eigenvalue weighted by molar-refractivity contribution is 6.39. The summed E-state index contributed by atoms with van der Waals surface area (Å²) in [6, 6.07) is 6.84. The van der Waals surface area contributed by atoms with Gasteiger partial charge in [-0.05, 0) is 31.0 Å². The summed E-state index contributed by atoms with van der Waals surface area (Å²) in [5.74, 6) is 0.235. The van der Waals surface area contributed by atoms with Crippen LogP contribution in [-0.4, -0.2) is 33.9 Å². The van der Waals surface area contributed by atoms with Crippen LogP contribution in [0.5, 0.6) is 0 Å². The third-order valence-electron chi connectivity index (χ3n) is 3.97. The highest BCUT2D eigenvalue weighted by atomic mass is 35.5. The Balaban J connectivity index is 1.80. The van der Waals surface area contributed by atoms with Gasteiger partial charge in [-0.2, -0.15) is 0 Å². The number of nitrogens with zero attached hydrogens (tertiary/aromatic N) is 3. The van der Waals surface area contributed by atoms with Crippen LogP contribution in [-0.2, 0) is 0 Å². The molecule has 0 spiro atoms. The molecule has 126 valence electrons. The van der Waals surface area contributed by atoms with Crippen LogP contribution >= 0.6 is 23.2 Å². The van der Waals surface area contributed by atoms with E-state index in [1.54, 1.807) is 30.5 Å². The Kier molecular flexibility index (Phi) is 5.53. The summed E-state index contributed by atoms with van der Waals surface area (Å²) < 4.78 is 0. The van der Waals surface area contributed by atoms with Gasteiger partial charge in [0.1, 0.15) is 5.69 Å². The number of benzene rings is 1. The molecule has 0 aliphatic carbocycles. The van der Waals surface area contributed by atoms with E-state index in [9.17, 15) is 4.79 Å². The first-order chi connectivity index (χ1) is 11.6. The molecular formula is C17H18Cl2N4O. The van der Waals surface area contributed by atoms with Gasteiger partial charge in [0.05, 0.1) is 15.7 Å². The Morgan fingerprint density at radius 1 is 1.04 bits per heavy atom. The third-order valence-corrected chi connectivity index (χ3v) is 4.60. The van der Waals surface area contributed by atoms with Crippen molar-refractivity contribution >= 4 is 40.7 Å². The van der Waals surface area contributed by atoms with E-state index in [1.807, 2.05) is 4.90 Å². The smallest absolute Gasteiger partial charge is 0.272 e. The van der Waals surface area contributed by atoms with Crippen molar-refractivity contribution in [2.24, 2.45) is 0 Å². The zero-order valence-corrected chi connectivity index (χ0v) is 14.6. The number of nitrogens with one attached hydrogen (secondary N) is 1. The van der Waals surface area contributed by atoms with Crippen LogP contribution in [0.25, 0.3) is 0 Å². The maximum atomic E-state index is 12.6. The topological polar surface area (TPSA) is 58.1 Å². The summed E-state index contributed by atoms with van der Waals surface area (Å²) in [6.45, 7) is 1.56. The highest BCUT2D eigenvalue weighted by Crippen LogP contribution is 2.31. The fourth-order valence-electron chi connectivity index (χ4n) is 2.70. The van der Waals surface area contributed by atoms with E-state index in [4.69, 9.17) is 23.2 Å². The molecule has 2 heterocycles. The summed E-state index contributed by atoms with van der Waals surface area (Å²) >= 11 is 12.3. The predicted octanol–water partition coefficient (Wildman–Crippen LogP) is 4.54. The first-order valence-corrected chi connectivity index (χ1v) is 8.74. The third kappa shape index (κ3) is 3.97. The number of carbonyl (C=O) groups excluding carboxylic acids is 1. The number of halogens is 2. The SMILES string of the molecule is O=C(c1ccnc(Nc2c(Cl)cccc2Cl)n1)N1CCCCCC1. The van der Waals surface area contributed by atoms with Gasteiger partial charge in [0.2, 0.25) is 5.95 Å². The number of carbonyl (C=O) groups is 1. The molecule has 1 N–H and O–H groups in total. The second-order valence-electron chi connectivity index (χ2n) is 5.69. The van der Waals surface area contributed by atoms with Gasteiger partial charge in [0.25, 0.3) is 5.91 Å². The minimum atomic E-state index is -0.0624. The first kappa shape index (κ1) is 17.0. The maximum absolute atomic E-state index is 12.6. The number of hydrogen-bond donors (Lipinski definition) is 1. The molecule has 1 aliphatic rings. The fourth-order valence-corrected chi connectivity index (χ4v) is 3.19. The van der Waals surface area contributed by atoms with Crippen molar-refractivity contribution < 1.29 is 4.79 Å². The van der Waals surface area contributed by atoms with Crippen LogP contribution in [0, 0.1) is 0 Å². The number of aromatic nitrogens is 2. The fraction of sp³-hybridized carbons (Fsp3) is 0.353. The van der Waals surface area contributed by atoms with E-state index in [0.29, 0.717) is 27.4 Å². The summed E-state index contributed by atoms with van der Waals surface area (Å²) in [7, 11) is 0. The molecule has 0 atom stereocenters. The molecule has 1 aromatic heterocycles. The number of hydrogen-bond acceptors (Lipinski definition) is 4. The van der Waals surface area contributed by atoms with Crippen molar-refractivity contribution in [1.82, 2.24) is 14.9 Å². The normalized spacial score (nSPS) is 15.0. The summed E-state index contributed by atoms with van der Waals surface area (Å²) in [4.78, 5) is 23.0. The average molecular weight is 365 g/mol. The molecule has 5 nitrogen and oxygen atoms in total. The van der Waals surface area contributed by atoms with Crippen LogP contribution in [0.1, 0.15) is 36.2 Å².